The largest absolute Gasteiger partial charge is 0.465 e. The summed E-state index contributed by atoms with van der Waals surface area (Å²) < 4.78 is 5.02. The maximum atomic E-state index is 11.9. The second-order valence-corrected chi connectivity index (χ2v) is 3.96. The van der Waals surface area contributed by atoms with Gasteiger partial charge in [-0.3, -0.25) is 9.59 Å². The number of hydrogen-bond donors (Lipinski definition) is 0. The van der Waals surface area contributed by atoms with Crippen molar-refractivity contribution in [3.8, 4) is 0 Å². The predicted octanol–water partition coefficient (Wildman–Crippen LogP) is 2.26. The molecule has 3 nitrogen and oxygen atoms in total. The van der Waals surface area contributed by atoms with Gasteiger partial charge in [-0.05, 0) is 40.0 Å². The molecule has 0 aromatic rings. The van der Waals surface area contributed by atoms with E-state index < -0.39 is 5.41 Å². The lowest BCUT2D eigenvalue weighted by atomic mass is 9.70. The van der Waals surface area contributed by atoms with Crippen LogP contribution in [0.1, 0.15) is 40.0 Å². The standard InChI is InChI=1S/C12H18O3/c1-4-15-11(14)12(10(3)13)8-6-5-7-9(12)2/h7H,4-6,8H2,1-3H3. The van der Waals surface area contributed by atoms with Crippen LogP contribution in [-0.2, 0) is 14.3 Å². The third-order valence-electron chi connectivity index (χ3n) is 3.10. The predicted molar refractivity (Wildman–Crippen MR) is 57.4 cm³/mol. The van der Waals surface area contributed by atoms with Gasteiger partial charge in [-0.15, -0.1) is 0 Å². The average molecular weight is 210 g/mol. The Morgan fingerprint density at radius 2 is 2.20 bits per heavy atom. The third-order valence-corrected chi connectivity index (χ3v) is 3.10. The Labute approximate surface area is 90.5 Å². The van der Waals surface area contributed by atoms with E-state index in [1.165, 1.54) is 6.92 Å². The fraction of sp³-hybridized carbons (Fsp3) is 0.667. The summed E-state index contributed by atoms with van der Waals surface area (Å²) in [7, 11) is 0. The minimum atomic E-state index is -0.992. The van der Waals surface area contributed by atoms with Crippen molar-refractivity contribution >= 4 is 11.8 Å². The molecule has 0 spiro atoms. The Kier molecular flexibility index (Phi) is 3.66. The van der Waals surface area contributed by atoms with Gasteiger partial charge in [0, 0.05) is 0 Å². The van der Waals surface area contributed by atoms with Gasteiger partial charge in [0.15, 0.2) is 5.78 Å². The Balaban J connectivity index is 3.08. The Hall–Kier alpha value is -1.12. The van der Waals surface area contributed by atoms with Crippen LogP contribution in [0.3, 0.4) is 0 Å². The zero-order chi connectivity index (χ0) is 11.5. The van der Waals surface area contributed by atoms with E-state index in [1.807, 2.05) is 13.0 Å². The minimum Gasteiger partial charge on any atom is -0.465 e. The molecule has 0 N–H and O–H groups in total. The molecule has 1 rings (SSSR count). The van der Waals surface area contributed by atoms with Gasteiger partial charge in [-0.1, -0.05) is 11.6 Å². The number of ether oxygens (including phenoxy) is 1. The summed E-state index contributed by atoms with van der Waals surface area (Å²) >= 11 is 0. The molecule has 0 aromatic carbocycles. The summed E-state index contributed by atoms with van der Waals surface area (Å²) in [4.78, 5) is 23.6. The molecular formula is C12H18O3. The highest BCUT2D eigenvalue weighted by Gasteiger charge is 2.46. The van der Waals surface area contributed by atoms with Crippen LogP contribution in [0.2, 0.25) is 0 Å². The van der Waals surface area contributed by atoms with Crippen molar-refractivity contribution in [1.82, 2.24) is 0 Å². The molecule has 0 aliphatic heterocycles. The second-order valence-electron chi connectivity index (χ2n) is 3.96. The molecule has 0 amide bonds. The van der Waals surface area contributed by atoms with Gasteiger partial charge < -0.3 is 4.74 Å². The minimum absolute atomic E-state index is 0.102. The fourth-order valence-corrected chi connectivity index (χ4v) is 2.17. The number of carbonyl (C=O) groups is 2. The first kappa shape index (κ1) is 12.0. The molecule has 1 aliphatic carbocycles. The van der Waals surface area contributed by atoms with Gasteiger partial charge >= 0.3 is 5.97 Å². The Morgan fingerprint density at radius 1 is 1.53 bits per heavy atom. The number of ketones is 1. The number of esters is 1. The summed E-state index contributed by atoms with van der Waals surface area (Å²) in [5.74, 6) is -0.486. The lowest BCUT2D eigenvalue weighted by molar-refractivity contribution is -0.157. The van der Waals surface area contributed by atoms with E-state index in [-0.39, 0.29) is 11.8 Å². The zero-order valence-electron chi connectivity index (χ0n) is 9.63. The van der Waals surface area contributed by atoms with Gasteiger partial charge in [-0.25, -0.2) is 0 Å². The molecule has 15 heavy (non-hydrogen) atoms. The first-order chi connectivity index (χ1) is 7.05. The van der Waals surface area contributed by atoms with Crippen LogP contribution in [0.25, 0.3) is 0 Å². The molecule has 1 aliphatic rings. The number of carbonyl (C=O) groups excluding carboxylic acids is 2. The molecule has 0 fully saturated rings. The highest BCUT2D eigenvalue weighted by molar-refractivity contribution is 6.06. The maximum Gasteiger partial charge on any atom is 0.323 e. The van der Waals surface area contributed by atoms with E-state index in [9.17, 15) is 9.59 Å². The average Bonchev–Trinajstić information content (AvgIpc) is 2.18. The van der Waals surface area contributed by atoms with E-state index in [0.29, 0.717) is 13.0 Å². The van der Waals surface area contributed by atoms with E-state index in [1.54, 1.807) is 6.92 Å². The van der Waals surface area contributed by atoms with Crippen LogP contribution < -0.4 is 0 Å². The Morgan fingerprint density at radius 3 is 2.67 bits per heavy atom. The van der Waals surface area contributed by atoms with Crippen LogP contribution in [0.5, 0.6) is 0 Å². The third kappa shape index (κ3) is 1.96. The molecular weight excluding hydrogens is 192 g/mol. The fourth-order valence-electron chi connectivity index (χ4n) is 2.17. The first-order valence-corrected chi connectivity index (χ1v) is 5.41. The molecule has 1 atom stereocenters. The van der Waals surface area contributed by atoms with E-state index in [2.05, 4.69) is 0 Å². The van der Waals surface area contributed by atoms with Crippen molar-refractivity contribution < 1.29 is 14.3 Å². The summed E-state index contributed by atoms with van der Waals surface area (Å²) in [6, 6.07) is 0. The van der Waals surface area contributed by atoms with Crippen LogP contribution in [-0.4, -0.2) is 18.4 Å². The Bertz CT molecular complexity index is 304. The molecule has 0 saturated heterocycles. The molecule has 1 unspecified atom stereocenters. The van der Waals surface area contributed by atoms with Crippen molar-refractivity contribution in [3.05, 3.63) is 11.6 Å². The molecule has 0 aromatic heterocycles. The van der Waals surface area contributed by atoms with Gasteiger partial charge in [0.05, 0.1) is 6.61 Å². The van der Waals surface area contributed by atoms with E-state index in [4.69, 9.17) is 4.74 Å². The molecule has 0 bridgehead atoms. The molecule has 0 saturated carbocycles. The van der Waals surface area contributed by atoms with Crippen molar-refractivity contribution in [3.63, 3.8) is 0 Å². The summed E-state index contributed by atoms with van der Waals surface area (Å²) in [6.45, 7) is 5.39. The van der Waals surface area contributed by atoms with Crippen LogP contribution >= 0.6 is 0 Å². The summed E-state index contributed by atoms with van der Waals surface area (Å²) in [5.41, 5.74) is -0.145. The van der Waals surface area contributed by atoms with Crippen LogP contribution in [0.15, 0.2) is 11.6 Å². The van der Waals surface area contributed by atoms with Gasteiger partial charge in [0.2, 0.25) is 0 Å². The quantitative estimate of drug-likeness (QED) is 0.407. The highest BCUT2D eigenvalue weighted by Crippen LogP contribution is 2.39. The topological polar surface area (TPSA) is 43.4 Å². The molecule has 3 heteroatoms. The number of hydrogen-bond acceptors (Lipinski definition) is 3. The van der Waals surface area contributed by atoms with Crippen LogP contribution in [0.4, 0.5) is 0 Å². The SMILES string of the molecule is CCOC(=O)C1(C(C)=O)CCCC=C1C. The van der Waals surface area contributed by atoms with E-state index in [0.717, 1.165) is 18.4 Å². The van der Waals surface area contributed by atoms with Crippen LogP contribution in [0, 0.1) is 5.41 Å². The summed E-state index contributed by atoms with van der Waals surface area (Å²) in [6.07, 6.45) is 4.38. The highest BCUT2D eigenvalue weighted by atomic mass is 16.5. The maximum absolute atomic E-state index is 11.9. The van der Waals surface area contributed by atoms with E-state index >= 15 is 0 Å². The first-order valence-electron chi connectivity index (χ1n) is 5.41. The lowest BCUT2D eigenvalue weighted by Gasteiger charge is -2.32. The van der Waals surface area contributed by atoms with Crippen molar-refractivity contribution in [2.45, 2.75) is 40.0 Å². The molecule has 0 radical (unpaired) electrons. The smallest absolute Gasteiger partial charge is 0.323 e. The zero-order valence-corrected chi connectivity index (χ0v) is 9.63. The molecule has 84 valence electrons. The van der Waals surface area contributed by atoms with Crippen molar-refractivity contribution in [2.24, 2.45) is 5.41 Å². The normalized spacial score (nSPS) is 25.7. The van der Waals surface area contributed by atoms with Gasteiger partial charge in [0.1, 0.15) is 5.41 Å². The molecule has 0 heterocycles. The number of Topliss-reactive ketones (excluding diaryl/α,β-unsaturated/α-hetero) is 1. The van der Waals surface area contributed by atoms with Crippen molar-refractivity contribution in [2.75, 3.05) is 6.61 Å². The van der Waals surface area contributed by atoms with Gasteiger partial charge in [-0.2, -0.15) is 0 Å². The number of allylic oxidation sites excluding steroid dienone is 1. The monoisotopic (exact) mass is 210 g/mol. The summed E-state index contributed by atoms with van der Waals surface area (Å²) in [5, 5.41) is 0. The van der Waals surface area contributed by atoms with Gasteiger partial charge in [0.25, 0.3) is 0 Å². The second kappa shape index (κ2) is 4.60. The number of rotatable bonds is 3. The van der Waals surface area contributed by atoms with Crippen molar-refractivity contribution in [1.29, 1.82) is 0 Å². The lowest BCUT2D eigenvalue weighted by Crippen LogP contribution is -2.41.